The summed E-state index contributed by atoms with van der Waals surface area (Å²) in [6.07, 6.45) is 3.98. The maximum Gasteiger partial charge on any atom is 0.243 e. The summed E-state index contributed by atoms with van der Waals surface area (Å²) in [6, 6.07) is 5.21. The van der Waals surface area contributed by atoms with E-state index in [9.17, 15) is 8.42 Å². The van der Waals surface area contributed by atoms with Gasteiger partial charge >= 0.3 is 0 Å². The lowest BCUT2D eigenvalue weighted by Crippen LogP contribution is -2.37. The summed E-state index contributed by atoms with van der Waals surface area (Å²) < 4.78 is 27.7. The molecule has 1 aliphatic carbocycles. The highest BCUT2D eigenvalue weighted by atomic mass is 32.2. The van der Waals surface area contributed by atoms with Crippen molar-refractivity contribution in [3.05, 3.63) is 23.8 Å². The Labute approximate surface area is 115 Å². The fourth-order valence-electron chi connectivity index (χ4n) is 2.70. The molecule has 1 aromatic carbocycles. The quantitative estimate of drug-likeness (QED) is 0.836. The molecule has 0 amide bonds. The van der Waals surface area contributed by atoms with Crippen molar-refractivity contribution in [3.8, 4) is 0 Å². The number of nitrogens with two attached hydrogens (primary N) is 1. The second kappa shape index (κ2) is 5.51. The molecule has 0 saturated heterocycles. The number of hydrogen-bond acceptors (Lipinski definition) is 3. The highest BCUT2D eigenvalue weighted by Gasteiger charge is 2.26. The predicted molar refractivity (Wildman–Crippen MR) is 77.3 cm³/mol. The lowest BCUT2D eigenvalue weighted by atomic mass is 9.88. The molecular formula is C14H22N2O2S. The summed E-state index contributed by atoms with van der Waals surface area (Å²) in [5.74, 6) is 0.698. The van der Waals surface area contributed by atoms with Gasteiger partial charge in [0.2, 0.25) is 10.0 Å². The van der Waals surface area contributed by atoms with Gasteiger partial charge in [-0.25, -0.2) is 13.1 Å². The van der Waals surface area contributed by atoms with E-state index in [1.807, 2.05) is 0 Å². The van der Waals surface area contributed by atoms with Gasteiger partial charge < -0.3 is 5.73 Å². The number of rotatable bonds is 3. The third-order valence-electron chi connectivity index (χ3n) is 3.85. The Morgan fingerprint density at radius 3 is 2.42 bits per heavy atom. The van der Waals surface area contributed by atoms with E-state index in [-0.39, 0.29) is 10.9 Å². The Morgan fingerprint density at radius 2 is 1.84 bits per heavy atom. The molecule has 0 aliphatic heterocycles. The zero-order valence-electron chi connectivity index (χ0n) is 11.5. The molecule has 0 radical (unpaired) electrons. The number of hydrogen-bond donors (Lipinski definition) is 2. The minimum Gasteiger partial charge on any atom is -0.398 e. The zero-order valence-corrected chi connectivity index (χ0v) is 12.3. The third-order valence-corrected chi connectivity index (χ3v) is 5.59. The summed E-state index contributed by atoms with van der Waals surface area (Å²) in [5, 5.41) is 0. The van der Waals surface area contributed by atoms with Crippen LogP contribution in [0.25, 0.3) is 0 Å². The van der Waals surface area contributed by atoms with E-state index in [4.69, 9.17) is 5.73 Å². The van der Waals surface area contributed by atoms with Crippen molar-refractivity contribution in [3.63, 3.8) is 0 Å². The fraction of sp³-hybridized carbons (Fsp3) is 0.571. The van der Waals surface area contributed by atoms with E-state index in [0.29, 0.717) is 17.2 Å². The van der Waals surface area contributed by atoms with Crippen molar-refractivity contribution in [1.29, 1.82) is 0 Å². The number of nitrogens with one attached hydrogen (secondary N) is 1. The van der Waals surface area contributed by atoms with Crippen LogP contribution in [0.3, 0.4) is 0 Å². The largest absolute Gasteiger partial charge is 0.398 e. The Hall–Kier alpha value is -1.07. The second-order valence-corrected chi connectivity index (χ2v) is 7.22. The first-order valence-electron chi connectivity index (χ1n) is 6.77. The smallest absolute Gasteiger partial charge is 0.243 e. The Morgan fingerprint density at radius 1 is 1.21 bits per heavy atom. The average molecular weight is 282 g/mol. The van der Waals surface area contributed by atoms with Crippen LogP contribution in [0.5, 0.6) is 0 Å². The van der Waals surface area contributed by atoms with Gasteiger partial charge in [-0.15, -0.1) is 0 Å². The van der Waals surface area contributed by atoms with E-state index in [0.717, 1.165) is 25.7 Å². The molecule has 0 atom stereocenters. The first-order chi connectivity index (χ1) is 8.90. The summed E-state index contributed by atoms with van der Waals surface area (Å²) >= 11 is 0. The molecule has 5 heteroatoms. The summed E-state index contributed by atoms with van der Waals surface area (Å²) in [4.78, 5) is 0.230. The second-order valence-electron chi connectivity index (χ2n) is 5.57. The van der Waals surface area contributed by atoms with Crippen molar-refractivity contribution >= 4 is 15.7 Å². The first-order valence-corrected chi connectivity index (χ1v) is 8.26. The van der Waals surface area contributed by atoms with Crippen LogP contribution in [-0.2, 0) is 10.0 Å². The molecule has 0 bridgehead atoms. The van der Waals surface area contributed by atoms with Gasteiger partial charge in [-0.05, 0) is 50.2 Å². The maximum atomic E-state index is 12.4. The van der Waals surface area contributed by atoms with Crippen molar-refractivity contribution in [2.45, 2.75) is 50.5 Å². The topological polar surface area (TPSA) is 72.2 Å². The van der Waals surface area contributed by atoms with Gasteiger partial charge in [-0.1, -0.05) is 19.1 Å². The van der Waals surface area contributed by atoms with Crippen molar-refractivity contribution in [2.75, 3.05) is 5.73 Å². The SMILES string of the molecule is Cc1cccc(N)c1S(=O)(=O)NC1CCC(C)CC1. The molecule has 0 spiro atoms. The summed E-state index contributed by atoms with van der Waals surface area (Å²) in [5.41, 5.74) is 6.82. The molecule has 2 rings (SSSR count). The molecule has 4 nitrogen and oxygen atoms in total. The first kappa shape index (κ1) is 14.3. The van der Waals surface area contributed by atoms with Gasteiger partial charge in [0.05, 0.1) is 5.69 Å². The van der Waals surface area contributed by atoms with Crippen LogP contribution < -0.4 is 10.5 Å². The lowest BCUT2D eigenvalue weighted by Gasteiger charge is -2.27. The number of nitrogen functional groups attached to an aromatic ring is 1. The van der Waals surface area contributed by atoms with E-state index in [1.54, 1.807) is 25.1 Å². The van der Waals surface area contributed by atoms with Gasteiger partial charge in [0.1, 0.15) is 4.90 Å². The van der Waals surface area contributed by atoms with E-state index in [1.165, 1.54) is 0 Å². The standard InChI is InChI=1S/C14H22N2O2S/c1-10-6-8-12(9-7-10)16-19(17,18)14-11(2)4-3-5-13(14)15/h3-5,10,12,16H,6-9,15H2,1-2H3. The molecule has 106 valence electrons. The summed E-state index contributed by atoms with van der Waals surface area (Å²) in [6.45, 7) is 3.98. The molecule has 1 aliphatic rings. The predicted octanol–water partition coefficient (Wildman–Crippen LogP) is 2.43. The highest BCUT2D eigenvalue weighted by Crippen LogP contribution is 2.27. The third kappa shape index (κ3) is 3.28. The van der Waals surface area contributed by atoms with Gasteiger partial charge in [0.15, 0.2) is 0 Å². The number of benzene rings is 1. The molecule has 1 fully saturated rings. The van der Waals surface area contributed by atoms with Gasteiger partial charge in [0.25, 0.3) is 0 Å². The number of aryl methyl sites for hydroxylation is 1. The summed E-state index contributed by atoms with van der Waals surface area (Å²) in [7, 11) is -3.51. The minimum atomic E-state index is -3.51. The van der Waals surface area contributed by atoms with Crippen LogP contribution in [0.1, 0.15) is 38.2 Å². The fourth-order valence-corrected chi connectivity index (χ4v) is 4.36. The molecule has 0 heterocycles. The van der Waals surface area contributed by atoms with Gasteiger partial charge in [0, 0.05) is 6.04 Å². The van der Waals surface area contributed by atoms with Gasteiger partial charge in [-0.3, -0.25) is 0 Å². The highest BCUT2D eigenvalue weighted by molar-refractivity contribution is 7.89. The van der Waals surface area contributed by atoms with Crippen LogP contribution in [0, 0.1) is 12.8 Å². The maximum absolute atomic E-state index is 12.4. The Bertz CT molecular complexity index is 526. The van der Waals surface area contributed by atoms with Gasteiger partial charge in [-0.2, -0.15) is 0 Å². The van der Waals surface area contributed by atoms with Crippen LogP contribution >= 0.6 is 0 Å². The van der Waals surface area contributed by atoms with Crippen LogP contribution in [0.2, 0.25) is 0 Å². The average Bonchev–Trinajstić information content (AvgIpc) is 2.31. The Balaban J connectivity index is 2.19. The molecule has 1 saturated carbocycles. The molecular weight excluding hydrogens is 260 g/mol. The normalized spacial score (nSPS) is 24.3. The number of sulfonamides is 1. The monoisotopic (exact) mass is 282 g/mol. The lowest BCUT2D eigenvalue weighted by molar-refractivity contribution is 0.332. The number of anilines is 1. The molecule has 0 unspecified atom stereocenters. The van der Waals surface area contributed by atoms with Crippen molar-refractivity contribution in [1.82, 2.24) is 4.72 Å². The van der Waals surface area contributed by atoms with Crippen LogP contribution in [0.15, 0.2) is 23.1 Å². The molecule has 19 heavy (non-hydrogen) atoms. The van der Waals surface area contributed by atoms with Crippen LogP contribution in [0.4, 0.5) is 5.69 Å². The minimum absolute atomic E-state index is 0.0419. The zero-order chi connectivity index (χ0) is 14.0. The van der Waals surface area contributed by atoms with E-state index < -0.39 is 10.0 Å². The Kier molecular flexibility index (Phi) is 4.16. The molecule has 3 N–H and O–H groups in total. The van der Waals surface area contributed by atoms with Crippen molar-refractivity contribution in [2.24, 2.45) is 5.92 Å². The van der Waals surface area contributed by atoms with Crippen molar-refractivity contribution < 1.29 is 8.42 Å². The van der Waals surface area contributed by atoms with E-state index in [2.05, 4.69) is 11.6 Å². The van der Waals surface area contributed by atoms with E-state index >= 15 is 0 Å². The molecule has 1 aromatic rings. The molecule has 0 aromatic heterocycles. The van der Waals surface area contributed by atoms with Crippen LogP contribution in [-0.4, -0.2) is 14.5 Å².